The first-order valence-corrected chi connectivity index (χ1v) is 8.03. The van der Waals surface area contributed by atoms with Gasteiger partial charge in [-0.15, -0.1) is 0 Å². The molecule has 1 fully saturated rings. The van der Waals surface area contributed by atoms with Gasteiger partial charge in [0.15, 0.2) is 0 Å². The van der Waals surface area contributed by atoms with Crippen molar-refractivity contribution in [3.63, 3.8) is 0 Å². The second-order valence-electron chi connectivity index (χ2n) is 6.55. The molecule has 2 rings (SSSR count). The van der Waals surface area contributed by atoms with Gasteiger partial charge in [0, 0.05) is 12.1 Å². The van der Waals surface area contributed by atoms with E-state index in [1.807, 2.05) is 0 Å². The molecule has 1 saturated carbocycles. The molecule has 1 aromatic rings. The number of nitrogens with zero attached hydrogens (tertiary/aromatic N) is 1. The van der Waals surface area contributed by atoms with Crippen LogP contribution in [0.15, 0.2) is 18.2 Å². The summed E-state index contributed by atoms with van der Waals surface area (Å²) in [5.41, 5.74) is 10.2. The second-order valence-corrected chi connectivity index (χ2v) is 6.55. The predicted octanol–water partition coefficient (Wildman–Crippen LogP) is 3.81. The van der Waals surface area contributed by atoms with Gasteiger partial charge in [0.1, 0.15) is 0 Å². The van der Waals surface area contributed by atoms with E-state index in [2.05, 4.69) is 50.9 Å². The molecular weight excluding hydrogens is 244 g/mol. The molecule has 3 atom stereocenters. The SMILES string of the molecule is Cc1ccc(C)c(C(C)N(C)C2CCCCC2CN)c1. The maximum absolute atomic E-state index is 6.00. The van der Waals surface area contributed by atoms with Crippen LogP contribution in [0.1, 0.15) is 55.3 Å². The molecule has 2 nitrogen and oxygen atoms in total. The first kappa shape index (κ1) is 15.5. The van der Waals surface area contributed by atoms with Crippen molar-refractivity contribution in [2.24, 2.45) is 11.7 Å². The molecule has 0 aliphatic heterocycles. The Bertz CT molecular complexity index is 441. The second kappa shape index (κ2) is 6.73. The Morgan fingerprint density at radius 2 is 1.95 bits per heavy atom. The van der Waals surface area contributed by atoms with Gasteiger partial charge in [-0.1, -0.05) is 36.6 Å². The lowest BCUT2D eigenvalue weighted by atomic mass is 9.82. The van der Waals surface area contributed by atoms with Gasteiger partial charge in [0.25, 0.3) is 0 Å². The fraction of sp³-hybridized carbons (Fsp3) is 0.667. The third-order valence-corrected chi connectivity index (χ3v) is 5.19. The number of aryl methyl sites for hydroxylation is 2. The summed E-state index contributed by atoms with van der Waals surface area (Å²) in [7, 11) is 2.28. The smallest absolute Gasteiger partial charge is 0.0322 e. The van der Waals surface area contributed by atoms with Crippen molar-refractivity contribution < 1.29 is 0 Å². The van der Waals surface area contributed by atoms with Crippen LogP contribution in [0.5, 0.6) is 0 Å². The zero-order chi connectivity index (χ0) is 14.7. The molecule has 0 saturated heterocycles. The Labute approximate surface area is 124 Å². The molecule has 0 heterocycles. The summed E-state index contributed by atoms with van der Waals surface area (Å²) >= 11 is 0. The Morgan fingerprint density at radius 1 is 1.25 bits per heavy atom. The van der Waals surface area contributed by atoms with Crippen LogP contribution in [0, 0.1) is 19.8 Å². The average molecular weight is 274 g/mol. The molecule has 0 radical (unpaired) electrons. The van der Waals surface area contributed by atoms with Crippen molar-refractivity contribution in [1.29, 1.82) is 0 Å². The van der Waals surface area contributed by atoms with Crippen LogP contribution in [0.2, 0.25) is 0 Å². The number of hydrogen-bond donors (Lipinski definition) is 1. The summed E-state index contributed by atoms with van der Waals surface area (Å²) in [4.78, 5) is 2.57. The molecule has 3 unspecified atom stereocenters. The number of hydrogen-bond acceptors (Lipinski definition) is 2. The van der Waals surface area contributed by atoms with Gasteiger partial charge < -0.3 is 5.73 Å². The van der Waals surface area contributed by atoms with Crippen LogP contribution in [-0.4, -0.2) is 24.5 Å². The number of rotatable bonds is 4. The van der Waals surface area contributed by atoms with Crippen molar-refractivity contribution in [1.82, 2.24) is 4.90 Å². The molecule has 0 spiro atoms. The highest BCUT2D eigenvalue weighted by molar-refractivity contribution is 5.32. The molecule has 1 aliphatic rings. The normalized spacial score (nSPS) is 24.9. The van der Waals surface area contributed by atoms with E-state index in [9.17, 15) is 0 Å². The van der Waals surface area contributed by atoms with Gasteiger partial charge in [-0.25, -0.2) is 0 Å². The van der Waals surface area contributed by atoms with Crippen LogP contribution in [0.4, 0.5) is 0 Å². The third kappa shape index (κ3) is 3.24. The zero-order valence-electron chi connectivity index (χ0n) is 13.5. The summed E-state index contributed by atoms with van der Waals surface area (Å²) in [6.45, 7) is 7.57. The highest BCUT2D eigenvalue weighted by Crippen LogP contribution is 2.33. The summed E-state index contributed by atoms with van der Waals surface area (Å²) in [5.74, 6) is 0.668. The van der Waals surface area contributed by atoms with Crippen LogP contribution in [0.25, 0.3) is 0 Å². The standard InChI is InChI=1S/C18H30N2/c1-13-9-10-14(2)17(11-13)15(3)20(4)18-8-6-5-7-16(18)12-19/h9-11,15-16,18H,5-8,12,19H2,1-4H3. The fourth-order valence-electron chi connectivity index (χ4n) is 3.72. The summed E-state index contributed by atoms with van der Waals surface area (Å²) < 4.78 is 0. The summed E-state index contributed by atoms with van der Waals surface area (Å²) in [6, 6.07) is 7.90. The first-order chi connectivity index (χ1) is 9.54. The van der Waals surface area contributed by atoms with E-state index in [0.29, 0.717) is 18.0 Å². The predicted molar refractivity (Wildman–Crippen MR) is 86.9 cm³/mol. The number of benzene rings is 1. The number of nitrogens with two attached hydrogens (primary N) is 1. The molecular formula is C18H30N2. The van der Waals surface area contributed by atoms with Gasteiger partial charge >= 0.3 is 0 Å². The van der Waals surface area contributed by atoms with Gasteiger partial charge in [0.05, 0.1) is 0 Å². The Hall–Kier alpha value is -0.860. The molecule has 0 amide bonds. The summed E-state index contributed by atoms with van der Waals surface area (Å²) in [5, 5.41) is 0. The van der Waals surface area contributed by atoms with E-state index >= 15 is 0 Å². The highest BCUT2D eigenvalue weighted by atomic mass is 15.2. The minimum atomic E-state index is 0.465. The van der Waals surface area contributed by atoms with Crippen LogP contribution < -0.4 is 5.73 Å². The Balaban J connectivity index is 2.18. The van der Waals surface area contributed by atoms with Gasteiger partial charge in [0.2, 0.25) is 0 Å². The van der Waals surface area contributed by atoms with Gasteiger partial charge in [-0.2, -0.15) is 0 Å². The monoisotopic (exact) mass is 274 g/mol. The van der Waals surface area contributed by atoms with E-state index in [1.54, 1.807) is 0 Å². The molecule has 2 N–H and O–H groups in total. The van der Waals surface area contributed by atoms with Crippen molar-refractivity contribution in [2.75, 3.05) is 13.6 Å². The summed E-state index contributed by atoms with van der Waals surface area (Å²) in [6.07, 6.45) is 5.30. The van der Waals surface area contributed by atoms with Crippen molar-refractivity contribution in [3.8, 4) is 0 Å². The largest absolute Gasteiger partial charge is 0.330 e. The fourth-order valence-corrected chi connectivity index (χ4v) is 3.72. The molecule has 1 aliphatic carbocycles. The molecule has 0 aromatic heterocycles. The molecule has 1 aromatic carbocycles. The molecule has 2 heteroatoms. The average Bonchev–Trinajstić information content (AvgIpc) is 2.48. The van der Waals surface area contributed by atoms with Crippen LogP contribution in [-0.2, 0) is 0 Å². The van der Waals surface area contributed by atoms with Crippen molar-refractivity contribution in [3.05, 3.63) is 34.9 Å². The third-order valence-electron chi connectivity index (χ3n) is 5.19. The van der Waals surface area contributed by atoms with E-state index in [4.69, 9.17) is 5.73 Å². The van der Waals surface area contributed by atoms with E-state index < -0.39 is 0 Å². The zero-order valence-corrected chi connectivity index (χ0v) is 13.5. The van der Waals surface area contributed by atoms with Gasteiger partial charge in [-0.3, -0.25) is 4.90 Å². The van der Waals surface area contributed by atoms with Crippen LogP contribution >= 0.6 is 0 Å². The Kier molecular flexibility index (Phi) is 5.22. The van der Waals surface area contributed by atoms with E-state index in [1.165, 1.54) is 42.4 Å². The maximum Gasteiger partial charge on any atom is 0.0322 e. The molecule has 112 valence electrons. The minimum absolute atomic E-state index is 0.465. The van der Waals surface area contributed by atoms with E-state index in [0.717, 1.165) is 6.54 Å². The van der Waals surface area contributed by atoms with Crippen molar-refractivity contribution in [2.45, 2.75) is 58.5 Å². The lowest BCUT2D eigenvalue weighted by Gasteiger charge is -2.41. The van der Waals surface area contributed by atoms with Crippen molar-refractivity contribution >= 4 is 0 Å². The lowest BCUT2D eigenvalue weighted by molar-refractivity contribution is 0.0986. The lowest BCUT2D eigenvalue weighted by Crippen LogP contribution is -2.44. The quantitative estimate of drug-likeness (QED) is 0.904. The Morgan fingerprint density at radius 3 is 2.65 bits per heavy atom. The first-order valence-electron chi connectivity index (χ1n) is 8.03. The highest BCUT2D eigenvalue weighted by Gasteiger charge is 2.30. The molecule has 0 bridgehead atoms. The maximum atomic E-state index is 6.00. The molecule has 20 heavy (non-hydrogen) atoms. The van der Waals surface area contributed by atoms with E-state index in [-0.39, 0.29) is 0 Å². The van der Waals surface area contributed by atoms with Gasteiger partial charge in [-0.05, 0) is 64.3 Å². The van der Waals surface area contributed by atoms with Crippen LogP contribution in [0.3, 0.4) is 0 Å². The minimum Gasteiger partial charge on any atom is -0.330 e. The topological polar surface area (TPSA) is 29.3 Å².